The number of anilines is 1. The van der Waals surface area contributed by atoms with E-state index in [1.165, 1.54) is 0 Å². The molecule has 0 radical (unpaired) electrons. The van der Waals surface area contributed by atoms with Gasteiger partial charge in [-0.05, 0) is 25.0 Å². The minimum absolute atomic E-state index is 0.378. The Hall–Kier alpha value is -2.83. The van der Waals surface area contributed by atoms with E-state index in [9.17, 15) is 0 Å². The maximum atomic E-state index is 4.50. The van der Waals surface area contributed by atoms with Crippen LogP contribution >= 0.6 is 0 Å². The molecule has 0 aliphatic carbocycles. The van der Waals surface area contributed by atoms with E-state index in [0.717, 1.165) is 41.7 Å². The van der Waals surface area contributed by atoms with Crippen molar-refractivity contribution in [1.29, 1.82) is 0 Å². The lowest BCUT2D eigenvalue weighted by Crippen LogP contribution is -2.09. The maximum Gasteiger partial charge on any atom is 0.182 e. The molecule has 0 aliphatic rings. The summed E-state index contributed by atoms with van der Waals surface area (Å²) in [4.78, 5) is 17.5. The van der Waals surface area contributed by atoms with Crippen molar-refractivity contribution in [3.63, 3.8) is 0 Å². The molecule has 0 spiro atoms. The third-order valence-corrected chi connectivity index (χ3v) is 3.57. The van der Waals surface area contributed by atoms with E-state index < -0.39 is 0 Å². The number of H-pyrrole nitrogens is 1. The minimum atomic E-state index is 0.378. The summed E-state index contributed by atoms with van der Waals surface area (Å²) in [7, 11) is 0. The van der Waals surface area contributed by atoms with Crippen molar-refractivity contribution < 1.29 is 0 Å². The van der Waals surface area contributed by atoms with Crippen molar-refractivity contribution in [1.82, 2.24) is 30.1 Å². The van der Waals surface area contributed by atoms with Gasteiger partial charge < -0.3 is 5.32 Å². The number of nitrogens with one attached hydrogen (secondary N) is 2. The van der Waals surface area contributed by atoms with Crippen LogP contribution in [-0.2, 0) is 6.42 Å². The highest BCUT2D eigenvalue weighted by atomic mass is 15.2. The van der Waals surface area contributed by atoms with Crippen LogP contribution in [0.5, 0.6) is 0 Å². The summed E-state index contributed by atoms with van der Waals surface area (Å²) < 4.78 is 0. The zero-order valence-electron chi connectivity index (χ0n) is 14.1. The fourth-order valence-corrected chi connectivity index (χ4v) is 2.32. The highest BCUT2D eigenvalue weighted by Gasteiger charge is 2.07. The van der Waals surface area contributed by atoms with Gasteiger partial charge in [-0.15, -0.1) is 0 Å². The summed E-state index contributed by atoms with van der Waals surface area (Å²) in [6.07, 6.45) is 4.21. The lowest BCUT2D eigenvalue weighted by atomic mass is 10.1. The van der Waals surface area contributed by atoms with Crippen LogP contribution < -0.4 is 5.32 Å². The van der Waals surface area contributed by atoms with E-state index in [0.29, 0.717) is 11.7 Å². The summed E-state index contributed by atoms with van der Waals surface area (Å²) in [5, 5.41) is 10.5. The predicted octanol–water partition coefficient (Wildman–Crippen LogP) is 2.74. The molecule has 3 rings (SSSR count). The molecule has 0 aromatic carbocycles. The first-order valence-electron chi connectivity index (χ1n) is 8.03. The Morgan fingerprint density at radius 1 is 1.21 bits per heavy atom. The standard InChI is InChI=1S/C17H21N7/c1-11(2)14-9-16(21-12(3)20-14)19-8-6-15-22-17(24-23-15)13-5-4-7-18-10-13/h4-5,7,9-11H,6,8H2,1-3H3,(H,19,20,21)(H,22,23,24). The normalized spacial score (nSPS) is 11.0. The van der Waals surface area contributed by atoms with Crippen molar-refractivity contribution in [3.05, 3.63) is 47.9 Å². The molecule has 0 saturated carbocycles. The van der Waals surface area contributed by atoms with Gasteiger partial charge in [0.1, 0.15) is 17.5 Å². The molecule has 2 N–H and O–H groups in total. The van der Waals surface area contributed by atoms with Crippen LogP contribution in [0.3, 0.4) is 0 Å². The van der Waals surface area contributed by atoms with Crippen LogP contribution in [0, 0.1) is 6.92 Å². The quantitative estimate of drug-likeness (QED) is 0.724. The van der Waals surface area contributed by atoms with E-state index in [-0.39, 0.29) is 0 Å². The lowest BCUT2D eigenvalue weighted by molar-refractivity contribution is 0.800. The van der Waals surface area contributed by atoms with E-state index in [4.69, 9.17) is 0 Å². The van der Waals surface area contributed by atoms with Gasteiger partial charge in [0.2, 0.25) is 0 Å². The number of aromatic amines is 1. The summed E-state index contributed by atoms with van der Waals surface area (Å²) in [5.74, 6) is 3.50. The molecule has 0 aliphatic heterocycles. The van der Waals surface area contributed by atoms with E-state index in [1.807, 2.05) is 25.1 Å². The summed E-state index contributed by atoms with van der Waals surface area (Å²) in [6, 6.07) is 5.81. The molecule has 3 heterocycles. The van der Waals surface area contributed by atoms with Gasteiger partial charge in [0.15, 0.2) is 5.82 Å². The molecule has 3 aromatic rings. The zero-order valence-corrected chi connectivity index (χ0v) is 14.1. The van der Waals surface area contributed by atoms with E-state index in [1.54, 1.807) is 12.4 Å². The van der Waals surface area contributed by atoms with Gasteiger partial charge in [-0.2, -0.15) is 5.10 Å². The molecule has 0 atom stereocenters. The Balaban J connectivity index is 1.60. The molecule has 0 unspecified atom stereocenters. The lowest BCUT2D eigenvalue weighted by Gasteiger charge is -2.09. The van der Waals surface area contributed by atoms with Gasteiger partial charge in [0, 0.05) is 42.7 Å². The van der Waals surface area contributed by atoms with Crippen LogP contribution in [-0.4, -0.2) is 36.7 Å². The Morgan fingerprint density at radius 2 is 2.08 bits per heavy atom. The van der Waals surface area contributed by atoms with Gasteiger partial charge in [-0.25, -0.2) is 15.0 Å². The number of rotatable bonds is 6. The number of aromatic nitrogens is 6. The first-order chi connectivity index (χ1) is 11.6. The highest BCUT2D eigenvalue weighted by molar-refractivity contribution is 5.52. The topological polar surface area (TPSA) is 92.3 Å². The Kier molecular flexibility index (Phi) is 4.79. The second kappa shape index (κ2) is 7.16. The summed E-state index contributed by atoms with van der Waals surface area (Å²) in [5.41, 5.74) is 1.95. The van der Waals surface area contributed by atoms with Crippen LogP contribution in [0.2, 0.25) is 0 Å². The predicted molar refractivity (Wildman–Crippen MR) is 92.7 cm³/mol. The van der Waals surface area contributed by atoms with Crippen molar-refractivity contribution in [3.8, 4) is 11.4 Å². The fraction of sp³-hybridized carbons (Fsp3) is 0.353. The second-order valence-electron chi connectivity index (χ2n) is 5.90. The molecule has 0 saturated heterocycles. The molecule has 24 heavy (non-hydrogen) atoms. The van der Waals surface area contributed by atoms with Crippen LogP contribution in [0.4, 0.5) is 5.82 Å². The molecule has 3 aromatic heterocycles. The largest absolute Gasteiger partial charge is 0.370 e. The average Bonchev–Trinajstić information content (AvgIpc) is 3.04. The Bertz CT molecular complexity index is 796. The Morgan fingerprint density at radius 3 is 2.83 bits per heavy atom. The Labute approximate surface area is 141 Å². The fourth-order valence-electron chi connectivity index (χ4n) is 2.32. The molecule has 124 valence electrons. The number of hydrogen-bond donors (Lipinski definition) is 2. The second-order valence-corrected chi connectivity index (χ2v) is 5.90. The van der Waals surface area contributed by atoms with Crippen molar-refractivity contribution in [2.24, 2.45) is 0 Å². The van der Waals surface area contributed by atoms with Crippen LogP contribution in [0.1, 0.15) is 37.1 Å². The monoisotopic (exact) mass is 323 g/mol. The van der Waals surface area contributed by atoms with Gasteiger partial charge in [0.05, 0.1) is 0 Å². The molecular weight excluding hydrogens is 302 g/mol. The van der Waals surface area contributed by atoms with Crippen LogP contribution in [0.25, 0.3) is 11.4 Å². The van der Waals surface area contributed by atoms with E-state index >= 15 is 0 Å². The van der Waals surface area contributed by atoms with Crippen molar-refractivity contribution >= 4 is 5.82 Å². The molecule has 0 bridgehead atoms. The molecule has 7 nitrogen and oxygen atoms in total. The number of hydrogen-bond acceptors (Lipinski definition) is 6. The van der Waals surface area contributed by atoms with Crippen molar-refractivity contribution in [2.75, 3.05) is 11.9 Å². The SMILES string of the molecule is Cc1nc(NCCc2nc(-c3cccnc3)n[nH]2)cc(C(C)C)n1. The summed E-state index contributed by atoms with van der Waals surface area (Å²) >= 11 is 0. The zero-order chi connectivity index (χ0) is 16.9. The molecule has 0 amide bonds. The minimum Gasteiger partial charge on any atom is -0.370 e. The number of aryl methyl sites for hydroxylation is 1. The smallest absolute Gasteiger partial charge is 0.182 e. The third-order valence-electron chi connectivity index (χ3n) is 3.57. The number of nitrogens with zero attached hydrogens (tertiary/aromatic N) is 5. The first-order valence-corrected chi connectivity index (χ1v) is 8.03. The van der Waals surface area contributed by atoms with Gasteiger partial charge >= 0.3 is 0 Å². The third kappa shape index (κ3) is 3.92. The van der Waals surface area contributed by atoms with Gasteiger partial charge in [0.25, 0.3) is 0 Å². The number of pyridine rings is 1. The highest BCUT2D eigenvalue weighted by Crippen LogP contribution is 2.15. The molecule has 7 heteroatoms. The van der Waals surface area contributed by atoms with Gasteiger partial charge in [-0.1, -0.05) is 13.8 Å². The summed E-state index contributed by atoms with van der Waals surface area (Å²) in [6.45, 7) is 6.88. The first kappa shape index (κ1) is 16.0. The molecular formula is C17H21N7. The van der Waals surface area contributed by atoms with E-state index in [2.05, 4.69) is 49.3 Å². The maximum absolute atomic E-state index is 4.50. The van der Waals surface area contributed by atoms with Crippen LogP contribution in [0.15, 0.2) is 30.6 Å². The average molecular weight is 323 g/mol. The molecule has 0 fully saturated rings. The van der Waals surface area contributed by atoms with Crippen molar-refractivity contribution in [2.45, 2.75) is 33.1 Å². The van der Waals surface area contributed by atoms with Gasteiger partial charge in [-0.3, -0.25) is 10.1 Å².